The number of anilines is 1. The molecular formula is C12H16F2N2O2. The van der Waals surface area contributed by atoms with Gasteiger partial charge in [-0.05, 0) is 12.1 Å². The van der Waals surface area contributed by atoms with Crippen molar-refractivity contribution < 1.29 is 18.3 Å². The number of hydrogen-bond donors (Lipinski definition) is 1. The maximum atomic E-state index is 12.0. The Morgan fingerprint density at radius 1 is 1.50 bits per heavy atom. The Morgan fingerprint density at radius 3 is 2.83 bits per heavy atom. The van der Waals surface area contributed by atoms with Crippen molar-refractivity contribution in [2.75, 3.05) is 25.9 Å². The van der Waals surface area contributed by atoms with Gasteiger partial charge in [0.1, 0.15) is 5.75 Å². The van der Waals surface area contributed by atoms with Crippen molar-refractivity contribution >= 4 is 11.6 Å². The number of benzene rings is 1. The molecule has 100 valence electrons. The van der Waals surface area contributed by atoms with E-state index in [-0.39, 0.29) is 18.9 Å². The second kappa shape index (κ2) is 6.78. The van der Waals surface area contributed by atoms with E-state index in [0.29, 0.717) is 11.4 Å². The van der Waals surface area contributed by atoms with Crippen molar-refractivity contribution in [3.05, 3.63) is 24.3 Å². The topological polar surface area (TPSA) is 55.6 Å². The first-order valence-corrected chi connectivity index (χ1v) is 5.49. The molecule has 4 nitrogen and oxygen atoms in total. The van der Waals surface area contributed by atoms with Gasteiger partial charge < -0.3 is 15.4 Å². The minimum absolute atomic E-state index is 0.0536. The molecule has 0 aliphatic carbocycles. The Hall–Kier alpha value is -1.85. The number of rotatable bonds is 6. The predicted molar refractivity (Wildman–Crippen MR) is 64.6 cm³/mol. The van der Waals surface area contributed by atoms with E-state index in [1.165, 1.54) is 7.05 Å². The Bertz CT molecular complexity index is 399. The van der Waals surface area contributed by atoms with E-state index in [1.807, 2.05) is 0 Å². The maximum absolute atomic E-state index is 12.0. The van der Waals surface area contributed by atoms with Crippen LogP contribution in [0.5, 0.6) is 5.75 Å². The first-order valence-electron chi connectivity index (χ1n) is 5.49. The number of nitrogens with two attached hydrogens (primary N) is 1. The predicted octanol–water partition coefficient (Wildman–Crippen LogP) is 1.76. The third-order valence-corrected chi connectivity index (χ3v) is 2.28. The summed E-state index contributed by atoms with van der Waals surface area (Å²) in [5.41, 5.74) is 6.12. The van der Waals surface area contributed by atoms with Crippen molar-refractivity contribution in [2.45, 2.75) is 12.8 Å². The molecule has 1 rings (SSSR count). The largest absolute Gasteiger partial charge is 0.493 e. The second-order valence-electron chi connectivity index (χ2n) is 3.84. The average molecular weight is 258 g/mol. The summed E-state index contributed by atoms with van der Waals surface area (Å²) in [5, 5.41) is 0. The van der Waals surface area contributed by atoms with Crippen LogP contribution >= 0.6 is 0 Å². The zero-order valence-electron chi connectivity index (χ0n) is 10.1. The summed E-state index contributed by atoms with van der Waals surface area (Å²) in [6.07, 6.45) is -2.47. The number of nitrogens with zero attached hydrogens (tertiary/aromatic N) is 1. The quantitative estimate of drug-likeness (QED) is 0.791. The van der Waals surface area contributed by atoms with Crippen molar-refractivity contribution in [1.29, 1.82) is 0 Å². The molecule has 0 aliphatic heterocycles. The monoisotopic (exact) mass is 258 g/mol. The minimum atomic E-state index is -2.52. The Morgan fingerprint density at radius 2 is 2.22 bits per heavy atom. The van der Waals surface area contributed by atoms with Crippen LogP contribution in [0.2, 0.25) is 0 Å². The third kappa shape index (κ3) is 4.99. The lowest BCUT2D eigenvalue weighted by Gasteiger charge is -2.16. The number of hydrogen-bond acceptors (Lipinski definition) is 3. The molecule has 1 aromatic carbocycles. The van der Waals surface area contributed by atoms with Crippen LogP contribution in [0, 0.1) is 0 Å². The fraction of sp³-hybridized carbons (Fsp3) is 0.417. The van der Waals surface area contributed by atoms with Crippen molar-refractivity contribution in [3.63, 3.8) is 0 Å². The molecule has 0 radical (unpaired) electrons. The number of alkyl halides is 2. The molecule has 0 atom stereocenters. The molecule has 0 fully saturated rings. The molecule has 0 saturated heterocycles. The minimum Gasteiger partial charge on any atom is -0.493 e. The average Bonchev–Trinajstić information content (AvgIpc) is 2.28. The zero-order chi connectivity index (χ0) is 13.5. The normalized spacial score (nSPS) is 10.4. The smallest absolute Gasteiger partial charge is 0.255 e. The highest BCUT2D eigenvalue weighted by Crippen LogP contribution is 2.14. The lowest BCUT2D eigenvalue weighted by molar-refractivity contribution is -0.132. The summed E-state index contributed by atoms with van der Waals surface area (Å²) in [7, 11) is 1.34. The van der Waals surface area contributed by atoms with Crippen LogP contribution in [0.25, 0.3) is 0 Å². The number of nitrogen functional groups attached to an aromatic ring is 1. The molecule has 0 aliphatic rings. The zero-order valence-corrected chi connectivity index (χ0v) is 10.1. The van der Waals surface area contributed by atoms with Crippen LogP contribution in [-0.4, -0.2) is 37.4 Å². The van der Waals surface area contributed by atoms with Crippen molar-refractivity contribution in [3.8, 4) is 5.75 Å². The summed E-state index contributed by atoms with van der Waals surface area (Å²) >= 11 is 0. The number of carbonyl (C=O) groups is 1. The van der Waals surface area contributed by atoms with Gasteiger partial charge in [0, 0.05) is 18.8 Å². The second-order valence-corrected chi connectivity index (χ2v) is 3.84. The molecule has 0 heterocycles. The highest BCUT2D eigenvalue weighted by Gasteiger charge is 2.13. The molecule has 0 bridgehead atoms. The van der Waals surface area contributed by atoms with E-state index >= 15 is 0 Å². The molecule has 0 spiro atoms. The highest BCUT2D eigenvalue weighted by molar-refractivity contribution is 5.76. The first kappa shape index (κ1) is 14.2. The number of amides is 1. The van der Waals surface area contributed by atoms with Crippen LogP contribution in [0.4, 0.5) is 14.5 Å². The lowest BCUT2D eigenvalue weighted by Crippen LogP contribution is -2.32. The van der Waals surface area contributed by atoms with Gasteiger partial charge in [0.2, 0.25) is 5.91 Å². The summed E-state index contributed by atoms with van der Waals surface area (Å²) in [6, 6.07) is 6.79. The van der Waals surface area contributed by atoms with Gasteiger partial charge >= 0.3 is 0 Å². The molecule has 0 saturated carbocycles. The summed E-state index contributed by atoms with van der Waals surface area (Å²) in [4.78, 5) is 12.4. The van der Waals surface area contributed by atoms with Gasteiger partial charge in [-0.3, -0.25) is 4.79 Å². The van der Waals surface area contributed by atoms with Crippen molar-refractivity contribution in [1.82, 2.24) is 4.90 Å². The molecule has 6 heteroatoms. The van der Waals surface area contributed by atoms with Gasteiger partial charge in [-0.2, -0.15) is 0 Å². The van der Waals surface area contributed by atoms with E-state index < -0.39 is 13.0 Å². The summed E-state index contributed by atoms with van der Waals surface area (Å²) < 4.78 is 29.4. The van der Waals surface area contributed by atoms with Gasteiger partial charge in [0.25, 0.3) is 6.43 Å². The van der Waals surface area contributed by atoms with E-state index in [9.17, 15) is 13.6 Å². The van der Waals surface area contributed by atoms with Gasteiger partial charge in [0.05, 0.1) is 19.6 Å². The molecule has 1 aromatic rings. The van der Waals surface area contributed by atoms with Crippen LogP contribution in [0.3, 0.4) is 0 Å². The standard InChI is InChI=1S/C12H16F2N2O2/c1-16(8-11(13)14)12(17)5-6-18-10-4-2-3-9(15)7-10/h2-4,7,11H,5-6,8,15H2,1H3. The van der Waals surface area contributed by atoms with Crippen LogP contribution in [-0.2, 0) is 4.79 Å². The van der Waals surface area contributed by atoms with E-state index in [1.54, 1.807) is 24.3 Å². The number of carbonyl (C=O) groups excluding carboxylic acids is 1. The van der Waals surface area contributed by atoms with Crippen LogP contribution in [0.15, 0.2) is 24.3 Å². The third-order valence-electron chi connectivity index (χ3n) is 2.28. The fourth-order valence-corrected chi connectivity index (χ4v) is 1.36. The molecular weight excluding hydrogens is 242 g/mol. The van der Waals surface area contributed by atoms with Gasteiger partial charge in [0.15, 0.2) is 0 Å². The molecule has 0 unspecified atom stereocenters. The van der Waals surface area contributed by atoms with Crippen LogP contribution in [0.1, 0.15) is 6.42 Å². The molecule has 2 N–H and O–H groups in total. The molecule has 1 amide bonds. The number of halogens is 2. The van der Waals surface area contributed by atoms with Gasteiger partial charge in [-0.25, -0.2) is 8.78 Å². The summed E-state index contributed by atoms with van der Waals surface area (Å²) in [5.74, 6) is 0.179. The fourth-order valence-electron chi connectivity index (χ4n) is 1.36. The summed E-state index contributed by atoms with van der Waals surface area (Å²) in [6.45, 7) is -0.424. The first-order chi connectivity index (χ1) is 8.49. The lowest BCUT2D eigenvalue weighted by atomic mass is 10.3. The van der Waals surface area contributed by atoms with Gasteiger partial charge in [-0.1, -0.05) is 6.07 Å². The van der Waals surface area contributed by atoms with Crippen LogP contribution < -0.4 is 10.5 Å². The maximum Gasteiger partial charge on any atom is 0.255 e. The Labute approximate surface area is 104 Å². The van der Waals surface area contributed by atoms with E-state index in [0.717, 1.165) is 4.90 Å². The number of ether oxygens (including phenoxy) is 1. The Balaban J connectivity index is 2.31. The molecule has 18 heavy (non-hydrogen) atoms. The SMILES string of the molecule is CN(CC(F)F)C(=O)CCOc1cccc(N)c1. The molecule has 0 aromatic heterocycles. The Kier molecular flexibility index (Phi) is 5.35. The van der Waals surface area contributed by atoms with Gasteiger partial charge in [-0.15, -0.1) is 0 Å². The van der Waals surface area contributed by atoms with E-state index in [4.69, 9.17) is 10.5 Å². The van der Waals surface area contributed by atoms with Crippen molar-refractivity contribution in [2.24, 2.45) is 0 Å². The highest BCUT2D eigenvalue weighted by atomic mass is 19.3. The van der Waals surface area contributed by atoms with E-state index in [2.05, 4.69) is 0 Å².